The van der Waals surface area contributed by atoms with Crippen molar-refractivity contribution < 1.29 is 0 Å². The SMILES string of the molecule is CSCCCCN1CC(C(C)(C)C)NCC1C(C)C. The minimum atomic E-state index is 0.361. The lowest BCUT2D eigenvalue weighted by Crippen LogP contribution is -2.61. The molecule has 2 atom stereocenters. The summed E-state index contributed by atoms with van der Waals surface area (Å²) in [6, 6.07) is 1.34. The molecular weight excluding hydrogens is 252 g/mol. The Labute approximate surface area is 125 Å². The summed E-state index contributed by atoms with van der Waals surface area (Å²) in [6.45, 7) is 15.4. The summed E-state index contributed by atoms with van der Waals surface area (Å²) in [4.78, 5) is 2.75. The zero-order valence-electron chi connectivity index (χ0n) is 13.8. The van der Waals surface area contributed by atoms with E-state index in [2.05, 4.69) is 51.1 Å². The highest BCUT2D eigenvalue weighted by molar-refractivity contribution is 7.98. The average molecular weight is 287 g/mol. The second kappa shape index (κ2) is 7.90. The number of nitrogens with zero attached hydrogens (tertiary/aromatic N) is 1. The minimum Gasteiger partial charge on any atom is -0.311 e. The van der Waals surface area contributed by atoms with Crippen molar-refractivity contribution in [2.45, 2.75) is 59.5 Å². The molecule has 3 heteroatoms. The second-order valence-electron chi connectivity index (χ2n) is 7.33. The smallest absolute Gasteiger partial charge is 0.0244 e. The van der Waals surface area contributed by atoms with E-state index in [9.17, 15) is 0 Å². The Bertz CT molecular complexity index is 248. The van der Waals surface area contributed by atoms with E-state index in [1.807, 2.05) is 11.8 Å². The van der Waals surface area contributed by atoms with Crippen molar-refractivity contribution in [3.63, 3.8) is 0 Å². The molecule has 0 bridgehead atoms. The van der Waals surface area contributed by atoms with Crippen LogP contribution in [0.2, 0.25) is 0 Å². The predicted octanol–water partition coefficient (Wildman–Crippen LogP) is 3.47. The van der Waals surface area contributed by atoms with Crippen LogP contribution in [0.5, 0.6) is 0 Å². The molecule has 2 nitrogen and oxygen atoms in total. The van der Waals surface area contributed by atoms with E-state index in [4.69, 9.17) is 0 Å². The lowest BCUT2D eigenvalue weighted by atomic mass is 9.83. The van der Waals surface area contributed by atoms with Crippen LogP contribution in [0, 0.1) is 11.3 Å². The predicted molar refractivity (Wildman–Crippen MR) is 89.1 cm³/mol. The normalized spacial score (nSPS) is 26.1. The monoisotopic (exact) mass is 286 g/mol. The lowest BCUT2D eigenvalue weighted by molar-refractivity contribution is 0.0623. The van der Waals surface area contributed by atoms with E-state index in [1.165, 1.54) is 31.7 Å². The molecule has 1 saturated heterocycles. The molecule has 114 valence electrons. The van der Waals surface area contributed by atoms with Gasteiger partial charge in [-0.15, -0.1) is 0 Å². The number of hydrogen-bond acceptors (Lipinski definition) is 3. The largest absolute Gasteiger partial charge is 0.311 e. The minimum absolute atomic E-state index is 0.361. The molecular formula is C16H34N2S. The van der Waals surface area contributed by atoms with Gasteiger partial charge >= 0.3 is 0 Å². The highest BCUT2D eigenvalue weighted by atomic mass is 32.2. The van der Waals surface area contributed by atoms with Crippen LogP contribution in [0.4, 0.5) is 0 Å². The van der Waals surface area contributed by atoms with Crippen LogP contribution in [-0.2, 0) is 0 Å². The van der Waals surface area contributed by atoms with Gasteiger partial charge in [-0.2, -0.15) is 11.8 Å². The molecule has 0 aromatic carbocycles. The first kappa shape index (κ1) is 17.3. The summed E-state index contributed by atoms with van der Waals surface area (Å²) in [5.41, 5.74) is 0.361. The molecule has 1 rings (SSSR count). The van der Waals surface area contributed by atoms with Crippen LogP contribution in [0.15, 0.2) is 0 Å². The van der Waals surface area contributed by atoms with Gasteiger partial charge in [0.05, 0.1) is 0 Å². The first-order valence-electron chi connectivity index (χ1n) is 7.82. The third-order valence-corrected chi connectivity index (χ3v) is 5.02. The highest BCUT2D eigenvalue weighted by Crippen LogP contribution is 2.25. The number of unbranched alkanes of at least 4 members (excludes halogenated alkanes) is 1. The Morgan fingerprint density at radius 1 is 1.26 bits per heavy atom. The van der Waals surface area contributed by atoms with Gasteiger partial charge in [0.15, 0.2) is 0 Å². The number of rotatable bonds is 6. The van der Waals surface area contributed by atoms with Crippen LogP contribution in [0.3, 0.4) is 0 Å². The van der Waals surface area contributed by atoms with Gasteiger partial charge in [-0.05, 0) is 42.7 Å². The third kappa shape index (κ3) is 5.65. The average Bonchev–Trinajstić information content (AvgIpc) is 2.33. The molecule has 2 unspecified atom stereocenters. The highest BCUT2D eigenvalue weighted by Gasteiger charge is 2.34. The van der Waals surface area contributed by atoms with Crippen molar-refractivity contribution in [2.75, 3.05) is 31.6 Å². The number of piperazine rings is 1. The van der Waals surface area contributed by atoms with Crippen LogP contribution < -0.4 is 5.32 Å². The van der Waals surface area contributed by atoms with Crippen LogP contribution in [0.25, 0.3) is 0 Å². The Hall–Kier alpha value is 0.270. The summed E-state index contributed by atoms with van der Waals surface area (Å²) < 4.78 is 0. The maximum atomic E-state index is 3.78. The standard InChI is InChI=1S/C16H34N2S/c1-13(2)14-11-17-15(16(3,4)5)12-18(14)9-7-8-10-19-6/h13-15,17H,7-12H2,1-6H3. The van der Waals surface area contributed by atoms with E-state index in [1.54, 1.807) is 0 Å². The van der Waals surface area contributed by atoms with Gasteiger partial charge in [0.2, 0.25) is 0 Å². The fraction of sp³-hybridized carbons (Fsp3) is 1.00. The van der Waals surface area contributed by atoms with Gasteiger partial charge in [-0.1, -0.05) is 34.6 Å². The van der Waals surface area contributed by atoms with Gasteiger partial charge in [-0.25, -0.2) is 0 Å². The lowest BCUT2D eigenvalue weighted by Gasteiger charge is -2.46. The molecule has 0 spiro atoms. The summed E-state index contributed by atoms with van der Waals surface area (Å²) in [6.07, 6.45) is 4.91. The summed E-state index contributed by atoms with van der Waals surface area (Å²) in [7, 11) is 0. The quantitative estimate of drug-likeness (QED) is 0.753. The summed E-state index contributed by atoms with van der Waals surface area (Å²) in [5, 5.41) is 3.78. The van der Waals surface area contributed by atoms with Crippen molar-refractivity contribution in [2.24, 2.45) is 11.3 Å². The molecule has 0 radical (unpaired) electrons. The van der Waals surface area contributed by atoms with E-state index < -0.39 is 0 Å². The van der Waals surface area contributed by atoms with Crippen LogP contribution in [-0.4, -0.2) is 48.6 Å². The number of nitrogens with one attached hydrogen (secondary N) is 1. The first-order chi connectivity index (χ1) is 8.86. The van der Waals surface area contributed by atoms with E-state index in [0.717, 1.165) is 12.5 Å². The molecule has 1 aliphatic heterocycles. The Kier molecular flexibility index (Phi) is 7.20. The molecule has 0 amide bonds. The van der Waals surface area contributed by atoms with Crippen molar-refractivity contribution >= 4 is 11.8 Å². The van der Waals surface area contributed by atoms with Crippen molar-refractivity contribution in [1.29, 1.82) is 0 Å². The maximum absolute atomic E-state index is 3.78. The molecule has 1 fully saturated rings. The summed E-state index contributed by atoms with van der Waals surface area (Å²) >= 11 is 1.97. The zero-order valence-corrected chi connectivity index (χ0v) is 14.6. The van der Waals surface area contributed by atoms with Crippen molar-refractivity contribution in [3.8, 4) is 0 Å². The number of hydrogen-bond donors (Lipinski definition) is 1. The third-order valence-electron chi connectivity index (χ3n) is 4.32. The summed E-state index contributed by atoms with van der Waals surface area (Å²) in [5.74, 6) is 2.05. The molecule has 1 N–H and O–H groups in total. The second-order valence-corrected chi connectivity index (χ2v) is 8.32. The molecule has 19 heavy (non-hydrogen) atoms. The van der Waals surface area contributed by atoms with Gasteiger partial charge in [0.25, 0.3) is 0 Å². The van der Waals surface area contributed by atoms with Crippen LogP contribution >= 0.6 is 11.8 Å². The Morgan fingerprint density at radius 3 is 2.47 bits per heavy atom. The first-order valence-corrected chi connectivity index (χ1v) is 9.22. The zero-order chi connectivity index (χ0) is 14.5. The molecule has 0 aromatic rings. The van der Waals surface area contributed by atoms with Crippen molar-refractivity contribution in [3.05, 3.63) is 0 Å². The van der Waals surface area contributed by atoms with Crippen LogP contribution in [0.1, 0.15) is 47.5 Å². The number of thioether (sulfide) groups is 1. The molecule has 0 aromatic heterocycles. The molecule has 0 aliphatic carbocycles. The fourth-order valence-corrected chi connectivity index (χ4v) is 3.38. The van der Waals surface area contributed by atoms with Gasteiger partial charge in [0, 0.05) is 25.2 Å². The van der Waals surface area contributed by atoms with E-state index >= 15 is 0 Å². The topological polar surface area (TPSA) is 15.3 Å². The molecule has 1 heterocycles. The van der Waals surface area contributed by atoms with E-state index in [-0.39, 0.29) is 0 Å². The van der Waals surface area contributed by atoms with Crippen molar-refractivity contribution in [1.82, 2.24) is 10.2 Å². The Balaban J connectivity index is 2.53. The van der Waals surface area contributed by atoms with Gasteiger partial charge in [0.1, 0.15) is 0 Å². The Morgan fingerprint density at radius 2 is 1.95 bits per heavy atom. The molecule has 0 saturated carbocycles. The van der Waals surface area contributed by atoms with Gasteiger partial charge < -0.3 is 5.32 Å². The van der Waals surface area contributed by atoms with E-state index in [0.29, 0.717) is 17.5 Å². The fourth-order valence-electron chi connectivity index (χ4n) is 2.88. The maximum Gasteiger partial charge on any atom is 0.0244 e. The molecule has 1 aliphatic rings. The van der Waals surface area contributed by atoms with Gasteiger partial charge in [-0.3, -0.25) is 4.90 Å².